The highest BCUT2D eigenvalue weighted by Gasteiger charge is 2.18. The van der Waals surface area contributed by atoms with Gasteiger partial charge >= 0.3 is 6.09 Å². The Labute approximate surface area is 171 Å². The van der Waals surface area contributed by atoms with Crippen molar-refractivity contribution >= 4 is 17.9 Å². The van der Waals surface area contributed by atoms with Crippen LogP contribution in [0.15, 0.2) is 18.2 Å². The van der Waals surface area contributed by atoms with Crippen molar-refractivity contribution in [2.75, 3.05) is 33.9 Å². The molecule has 0 fully saturated rings. The molecule has 9 nitrogen and oxygen atoms in total. The molecule has 3 amide bonds. The summed E-state index contributed by atoms with van der Waals surface area (Å²) in [5, 5.41) is 8.03. The van der Waals surface area contributed by atoms with Gasteiger partial charge in [0.25, 0.3) is 5.91 Å². The lowest BCUT2D eigenvalue weighted by Gasteiger charge is -2.19. The van der Waals surface area contributed by atoms with Crippen molar-refractivity contribution in [2.45, 2.75) is 39.2 Å². The molecule has 0 saturated heterocycles. The normalized spacial score (nSPS) is 10.7. The Bertz CT molecular complexity index is 678. The molecule has 3 N–H and O–H groups in total. The van der Waals surface area contributed by atoms with Gasteiger partial charge in [-0.25, -0.2) is 4.79 Å². The molecule has 1 rings (SSSR count). The Morgan fingerprint density at radius 2 is 1.48 bits per heavy atom. The van der Waals surface area contributed by atoms with Crippen molar-refractivity contribution in [3.63, 3.8) is 0 Å². The number of carbonyl (C=O) groups excluding carboxylic acids is 3. The van der Waals surface area contributed by atoms with Crippen LogP contribution in [0, 0.1) is 0 Å². The molecule has 162 valence electrons. The van der Waals surface area contributed by atoms with Gasteiger partial charge < -0.3 is 30.2 Å². The summed E-state index contributed by atoms with van der Waals surface area (Å²) in [5.41, 5.74) is -0.250. The molecule has 0 aliphatic heterocycles. The number of hydrogen-bond acceptors (Lipinski definition) is 6. The Balaban J connectivity index is 2.26. The third-order valence-corrected chi connectivity index (χ3v) is 3.64. The van der Waals surface area contributed by atoms with Gasteiger partial charge in [-0.3, -0.25) is 9.59 Å². The highest BCUT2D eigenvalue weighted by molar-refractivity contribution is 5.99. The molecule has 0 bridgehead atoms. The molecule has 0 aliphatic carbocycles. The topological polar surface area (TPSA) is 115 Å². The SMILES string of the molecule is COc1cccc(OC)c1C(=O)NCCCNC(=O)CCNC(=O)OC(C)(C)C. The minimum atomic E-state index is -0.579. The van der Waals surface area contributed by atoms with Gasteiger partial charge in [-0.15, -0.1) is 0 Å². The smallest absolute Gasteiger partial charge is 0.407 e. The largest absolute Gasteiger partial charge is 0.496 e. The molecule has 1 aromatic rings. The Hall–Kier alpha value is -2.97. The first-order valence-electron chi connectivity index (χ1n) is 9.40. The van der Waals surface area contributed by atoms with Gasteiger partial charge in [0.2, 0.25) is 5.91 Å². The zero-order valence-corrected chi connectivity index (χ0v) is 17.7. The van der Waals surface area contributed by atoms with E-state index < -0.39 is 11.7 Å². The van der Waals surface area contributed by atoms with Crippen LogP contribution >= 0.6 is 0 Å². The number of alkyl carbamates (subject to hydrolysis) is 1. The summed E-state index contributed by atoms with van der Waals surface area (Å²) in [6.45, 7) is 6.25. The fourth-order valence-corrected chi connectivity index (χ4v) is 2.36. The number of hydrogen-bond donors (Lipinski definition) is 3. The number of rotatable bonds is 10. The van der Waals surface area contributed by atoms with Crippen molar-refractivity contribution in [2.24, 2.45) is 0 Å². The van der Waals surface area contributed by atoms with Crippen molar-refractivity contribution in [1.82, 2.24) is 16.0 Å². The van der Waals surface area contributed by atoms with Crippen LogP contribution in [0.3, 0.4) is 0 Å². The van der Waals surface area contributed by atoms with E-state index in [9.17, 15) is 14.4 Å². The molecule has 0 aliphatic rings. The summed E-state index contributed by atoms with van der Waals surface area (Å²) in [5.74, 6) is 0.339. The van der Waals surface area contributed by atoms with Gasteiger partial charge in [-0.1, -0.05) is 6.07 Å². The van der Waals surface area contributed by atoms with E-state index in [0.717, 1.165) is 0 Å². The Morgan fingerprint density at radius 1 is 0.897 bits per heavy atom. The van der Waals surface area contributed by atoms with Crippen LogP contribution in [0.2, 0.25) is 0 Å². The third-order valence-electron chi connectivity index (χ3n) is 3.64. The fraction of sp³-hybridized carbons (Fsp3) is 0.550. The molecule has 0 saturated carbocycles. The number of amides is 3. The number of nitrogens with one attached hydrogen (secondary N) is 3. The van der Waals surface area contributed by atoms with Gasteiger partial charge in [0, 0.05) is 26.1 Å². The van der Waals surface area contributed by atoms with Crippen LogP contribution < -0.4 is 25.4 Å². The first-order valence-corrected chi connectivity index (χ1v) is 9.40. The second-order valence-corrected chi connectivity index (χ2v) is 7.18. The number of carbonyl (C=O) groups is 3. The highest BCUT2D eigenvalue weighted by Crippen LogP contribution is 2.27. The molecule has 1 aromatic carbocycles. The van der Waals surface area contributed by atoms with E-state index >= 15 is 0 Å². The summed E-state index contributed by atoms with van der Waals surface area (Å²) >= 11 is 0. The van der Waals surface area contributed by atoms with E-state index in [4.69, 9.17) is 14.2 Å². The van der Waals surface area contributed by atoms with Gasteiger partial charge in [0.15, 0.2) is 0 Å². The maximum atomic E-state index is 12.4. The van der Waals surface area contributed by atoms with Crippen molar-refractivity contribution in [3.8, 4) is 11.5 Å². The second-order valence-electron chi connectivity index (χ2n) is 7.18. The standard InChI is InChI=1S/C20H31N3O6/c1-20(2,3)29-19(26)23-13-10-16(24)21-11-7-12-22-18(25)17-14(27-4)8-6-9-15(17)28-5/h6,8-9H,7,10-13H2,1-5H3,(H,21,24)(H,22,25)(H,23,26). The monoisotopic (exact) mass is 409 g/mol. The Kier molecular flexibility index (Phi) is 9.78. The summed E-state index contributed by atoms with van der Waals surface area (Å²) in [6, 6.07) is 5.10. The number of ether oxygens (including phenoxy) is 3. The average molecular weight is 409 g/mol. The highest BCUT2D eigenvalue weighted by atomic mass is 16.6. The number of methoxy groups -OCH3 is 2. The maximum Gasteiger partial charge on any atom is 0.407 e. The zero-order valence-electron chi connectivity index (χ0n) is 17.7. The van der Waals surface area contributed by atoms with E-state index in [1.54, 1.807) is 39.0 Å². The van der Waals surface area contributed by atoms with Gasteiger partial charge in [0.05, 0.1) is 14.2 Å². The Morgan fingerprint density at radius 3 is 2.03 bits per heavy atom. The molecule has 0 unspecified atom stereocenters. The molecule has 0 atom stereocenters. The predicted molar refractivity (Wildman–Crippen MR) is 108 cm³/mol. The maximum absolute atomic E-state index is 12.4. The van der Waals surface area contributed by atoms with E-state index in [1.165, 1.54) is 14.2 Å². The van der Waals surface area contributed by atoms with Crippen molar-refractivity contribution in [3.05, 3.63) is 23.8 Å². The average Bonchev–Trinajstić information content (AvgIpc) is 2.65. The van der Waals surface area contributed by atoms with Gasteiger partial charge in [-0.2, -0.15) is 0 Å². The summed E-state index contributed by atoms with van der Waals surface area (Å²) in [4.78, 5) is 35.7. The van der Waals surface area contributed by atoms with E-state index in [2.05, 4.69) is 16.0 Å². The zero-order chi connectivity index (χ0) is 21.9. The quantitative estimate of drug-likeness (QED) is 0.508. The third kappa shape index (κ3) is 9.18. The summed E-state index contributed by atoms with van der Waals surface area (Å²) in [6.07, 6.45) is 0.137. The lowest BCUT2D eigenvalue weighted by molar-refractivity contribution is -0.120. The second kappa shape index (κ2) is 11.8. The summed E-state index contributed by atoms with van der Waals surface area (Å²) in [7, 11) is 2.97. The van der Waals surface area contributed by atoms with Crippen LogP contribution in [0.25, 0.3) is 0 Å². The fourth-order valence-electron chi connectivity index (χ4n) is 2.36. The first-order chi connectivity index (χ1) is 13.7. The van der Waals surface area contributed by atoms with Crippen LogP contribution in [-0.2, 0) is 9.53 Å². The molecule has 0 aromatic heterocycles. The van der Waals surface area contributed by atoms with Crippen LogP contribution in [-0.4, -0.2) is 57.4 Å². The molecule has 29 heavy (non-hydrogen) atoms. The predicted octanol–water partition coefficient (Wildman–Crippen LogP) is 1.85. The van der Waals surface area contributed by atoms with Gasteiger partial charge in [-0.05, 0) is 39.3 Å². The molecule has 9 heteroatoms. The molecular formula is C20H31N3O6. The van der Waals surface area contributed by atoms with Crippen LogP contribution in [0.1, 0.15) is 44.0 Å². The molecule has 0 heterocycles. The van der Waals surface area contributed by atoms with Crippen LogP contribution in [0.4, 0.5) is 4.79 Å². The van der Waals surface area contributed by atoms with E-state index in [1.807, 2.05) is 0 Å². The summed E-state index contributed by atoms with van der Waals surface area (Å²) < 4.78 is 15.5. The van der Waals surface area contributed by atoms with E-state index in [-0.39, 0.29) is 24.8 Å². The minimum Gasteiger partial charge on any atom is -0.496 e. The van der Waals surface area contributed by atoms with E-state index in [0.29, 0.717) is 36.6 Å². The molecule has 0 spiro atoms. The lowest BCUT2D eigenvalue weighted by Crippen LogP contribution is -2.35. The molecule has 0 radical (unpaired) electrons. The number of benzene rings is 1. The lowest BCUT2D eigenvalue weighted by atomic mass is 10.1. The minimum absolute atomic E-state index is 0.143. The van der Waals surface area contributed by atoms with Crippen molar-refractivity contribution < 1.29 is 28.6 Å². The van der Waals surface area contributed by atoms with Gasteiger partial charge in [0.1, 0.15) is 22.7 Å². The molecular weight excluding hydrogens is 378 g/mol. The van der Waals surface area contributed by atoms with Crippen LogP contribution in [0.5, 0.6) is 11.5 Å². The van der Waals surface area contributed by atoms with Crippen molar-refractivity contribution in [1.29, 1.82) is 0 Å². The first kappa shape index (κ1) is 24.1.